The monoisotopic (exact) mass is 421 g/mol. The highest BCUT2D eigenvalue weighted by molar-refractivity contribution is 6.32. The van der Waals surface area contributed by atoms with Crippen LogP contribution in [0.1, 0.15) is 34.6 Å². The van der Waals surface area contributed by atoms with E-state index in [0.29, 0.717) is 35.4 Å². The number of rotatable bonds is 4. The van der Waals surface area contributed by atoms with Crippen molar-refractivity contribution in [1.29, 1.82) is 0 Å². The number of nitrogens with zero attached hydrogens (tertiary/aromatic N) is 3. The molecule has 0 spiro atoms. The maximum absolute atomic E-state index is 13.1. The number of aromatic nitrogens is 2. The lowest BCUT2D eigenvalue weighted by Crippen LogP contribution is -2.41. The van der Waals surface area contributed by atoms with Gasteiger partial charge < -0.3 is 4.90 Å². The van der Waals surface area contributed by atoms with Crippen molar-refractivity contribution in [1.82, 2.24) is 14.7 Å². The number of halogens is 1. The Hall–Kier alpha value is -2.92. The Morgan fingerprint density at radius 3 is 2.43 bits per heavy atom. The van der Waals surface area contributed by atoms with Gasteiger partial charge in [-0.15, -0.1) is 0 Å². The van der Waals surface area contributed by atoms with E-state index < -0.39 is 0 Å². The zero-order chi connectivity index (χ0) is 21.1. The number of benzene rings is 2. The molecule has 0 atom stereocenters. The lowest BCUT2D eigenvalue weighted by Gasteiger charge is -2.31. The van der Waals surface area contributed by atoms with Gasteiger partial charge in [0.2, 0.25) is 5.43 Å². The average Bonchev–Trinajstić information content (AvgIpc) is 2.75. The van der Waals surface area contributed by atoms with Crippen LogP contribution in [0.3, 0.4) is 0 Å². The molecule has 2 aromatic carbocycles. The number of hydrogen-bond acceptors (Lipinski definition) is 3. The summed E-state index contributed by atoms with van der Waals surface area (Å²) in [6.07, 6.45) is 2.86. The van der Waals surface area contributed by atoms with Gasteiger partial charge in [0, 0.05) is 24.8 Å². The minimum absolute atomic E-state index is 0.0537. The van der Waals surface area contributed by atoms with Crippen LogP contribution in [0.2, 0.25) is 5.02 Å². The maximum atomic E-state index is 13.1. The van der Waals surface area contributed by atoms with Crippen molar-refractivity contribution in [2.24, 2.45) is 5.92 Å². The summed E-state index contributed by atoms with van der Waals surface area (Å²) in [5.41, 5.74) is 2.19. The molecule has 30 heavy (non-hydrogen) atoms. The van der Waals surface area contributed by atoms with Gasteiger partial charge in [0.1, 0.15) is 0 Å². The van der Waals surface area contributed by atoms with Gasteiger partial charge in [-0.2, -0.15) is 5.10 Å². The predicted octanol–water partition coefficient (Wildman–Crippen LogP) is 4.29. The molecule has 1 amide bonds. The van der Waals surface area contributed by atoms with Crippen LogP contribution < -0.4 is 5.43 Å². The number of carbonyl (C=O) groups excluding carboxylic acids is 1. The minimum atomic E-state index is -0.354. The first-order chi connectivity index (χ1) is 14.5. The Balaban J connectivity index is 1.51. The van der Waals surface area contributed by atoms with Crippen LogP contribution in [-0.2, 0) is 6.42 Å². The zero-order valence-electron chi connectivity index (χ0n) is 16.9. The third-order valence-electron chi connectivity index (χ3n) is 5.66. The van der Waals surface area contributed by atoms with Gasteiger partial charge in [0.15, 0.2) is 5.69 Å². The molecular formula is C24H24ClN3O2. The summed E-state index contributed by atoms with van der Waals surface area (Å²) in [6.45, 7) is 3.05. The second-order valence-electron chi connectivity index (χ2n) is 7.79. The average molecular weight is 422 g/mol. The van der Waals surface area contributed by atoms with E-state index in [-0.39, 0.29) is 17.0 Å². The summed E-state index contributed by atoms with van der Waals surface area (Å²) >= 11 is 6.30. The van der Waals surface area contributed by atoms with E-state index in [1.807, 2.05) is 24.3 Å². The fraction of sp³-hybridized carbons (Fsp3) is 0.292. The highest BCUT2D eigenvalue weighted by Crippen LogP contribution is 2.23. The fourth-order valence-corrected chi connectivity index (χ4v) is 4.22. The highest BCUT2D eigenvalue weighted by Gasteiger charge is 2.27. The second-order valence-corrected chi connectivity index (χ2v) is 8.19. The van der Waals surface area contributed by atoms with E-state index in [4.69, 9.17) is 11.6 Å². The number of piperidine rings is 1. The van der Waals surface area contributed by atoms with Crippen molar-refractivity contribution in [3.05, 3.63) is 92.9 Å². The second kappa shape index (κ2) is 8.84. The zero-order valence-corrected chi connectivity index (χ0v) is 17.7. The van der Waals surface area contributed by atoms with Crippen molar-refractivity contribution in [3.63, 3.8) is 0 Å². The topological polar surface area (TPSA) is 55.2 Å². The molecule has 0 radical (unpaired) electrons. The standard InChI is InChI=1S/C24H24ClN3O2/c1-17-15-22(29)23(26-28(17)21-10-6-5-9-20(21)25)24(30)27-13-11-19(12-14-27)16-18-7-3-2-4-8-18/h2-10,15,19H,11-14,16H2,1H3. The lowest BCUT2D eigenvalue weighted by atomic mass is 9.90. The fourth-order valence-electron chi connectivity index (χ4n) is 4.00. The SMILES string of the molecule is Cc1cc(=O)c(C(=O)N2CCC(Cc3ccccc3)CC2)nn1-c1ccccc1Cl. The van der Waals surface area contributed by atoms with Gasteiger partial charge in [-0.05, 0) is 49.8 Å². The van der Waals surface area contributed by atoms with Crippen molar-refractivity contribution in [3.8, 4) is 5.69 Å². The molecule has 1 aliphatic rings. The van der Waals surface area contributed by atoms with E-state index in [2.05, 4.69) is 29.4 Å². The molecule has 154 valence electrons. The molecule has 1 aliphatic heterocycles. The Labute approximate surface area is 180 Å². The van der Waals surface area contributed by atoms with Crippen LogP contribution in [0.4, 0.5) is 0 Å². The van der Waals surface area contributed by atoms with E-state index >= 15 is 0 Å². The summed E-state index contributed by atoms with van der Waals surface area (Å²) < 4.78 is 1.57. The molecule has 4 rings (SSSR count). The largest absolute Gasteiger partial charge is 0.337 e. The minimum Gasteiger partial charge on any atom is -0.337 e. The molecule has 0 bridgehead atoms. The van der Waals surface area contributed by atoms with E-state index in [9.17, 15) is 9.59 Å². The highest BCUT2D eigenvalue weighted by atomic mass is 35.5. The molecule has 3 aromatic rings. The van der Waals surface area contributed by atoms with Gasteiger partial charge in [-0.1, -0.05) is 54.1 Å². The van der Waals surface area contributed by atoms with Gasteiger partial charge >= 0.3 is 0 Å². The third-order valence-corrected chi connectivity index (χ3v) is 5.98. The molecule has 0 aliphatic carbocycles. The molecule has 2 heterocycles. The molecule has 0 N–H and O–H groups in total. The summed E-state index contributed by atoms with van der Waals surface area (Å²) in [7, 11) is 0. The van der Waals surface area contributed by atoms with Gasteiger partial charge in [-0.3, -0.25) is 9.59 Å². The van der Waals surface area contributed by atoms with Crippen LogP contribution in [0.15, 0.2) is 65.5 Å². The molecule has 0 saturated carbocycles. The third kappa shape index (κ3) is 4.31. The summed E-state index contributed by atoms with van der Waals surface area (Å²) in [4.78, 5) is 27.4. The molecule has 1 aromatic heterocycles. The summed E-state index contributed by atoms with van der Waals surface area (Å²) in [5, 5.41) is 4.90. The quantitative estimate of drug-likeness (QED) is 0.631. The molecule has 0 unspecified atom stereocenters. The van der Waals surface area contributed by atoms with Gasteiger partial charge in [-0.25, -0.2) is 4.68 Å². The first-order valence-corrected chi connectivity index (χ1v) is 10.6. The van der Waals surface area contributed by atoms with Crippen LogP contribution in [0, 0.1) is 12.8 Å². The van der Waals surface area contributed by atoms with Crippen molar-refractivity contribution < 1.29 is 4.79 Å². The number of para-hydroxylation sites is 1. The van der Waals surface area contributed by atoms with Crippen LogP contribution in [-0.4, -0.2) is 33.7 Å². The molecule has 5 nitrogen and oxygen atoms in total. The summed E-state index contributed by atoms with van der Waals surface area (Å²) in [6, 6.07) is 19.1. The maximum Gasteiger partial charge on any atom is 0.278 e. The lowest BCUT2D eigenvalue weighted by molar-refractivity contribution is 0.0681. The van der Waals surface area contributed by atoms with Crippen molar-refractivity contribution in [2.45, 2.75) is 26.2 Å². The van der Waals surface area contributed by atoms with Crippen molar-refractivity contribution >= 4 is 17.5 Å². The number of amides is 1. The number of carbonyl (C=O) groups is 1. The molecular weight excluding hydrogens is 398 g/mol. The Kier molecular flexibility index (Phi) is 6.00. The smallest absolute Gasteiger partial charge is 0.278 e. The molecule has 1 saturated heterocycles. The summed E-state index contributed by atoms with van der Waals surface area (Å²) in [5.74, 6) is 0.237. The van der Waals surface area contributed by atoms with Crippen LogP contribution >= 0.6 is 11.6 Å². The van der Waals surface area contributed by atoms with E-state index in [1.165, 1.54) is 11.6 Å². The Morgan fingerprint density at radius 1 is 1.07 bits per heavy atom. The number of aryl methyl sites for hydroxylation is 1. The Bertz CT molecular complexity index is 1100. The Morgan fingerprint density at radius 2 is 1.73 bits per heavy atom. The molecule has 1 fully saturated rings. The van der Waals surface area contributed by atoms with Crippen molar-refractivity contribution in [2.75, 3.05) is 13.1 Å². The van der Waals surface area contributed by atoms with E-state index in [1.54, 1.807) is 22.6 Å². The van der Waals surface area contributed by atoms with Crippen LogP contribution in [0.5, 0.6) is 0 Å². The number of likely N-dealkylation sites (tertiary alicyclic amines) is 1. The predicted molar refractivity (Wildman–Crippen MR) is 118 cm³/mol. The number of hydrogen-bond donors (Lipinski definition) is 0. The van der Waals surface area contributed by atoms with Gasteiger partial charge in [0.05, 0.1) is 10.7 Å². The first kappa shape index (κ1) is 20.4. The van der Waals surface area contributed by atoms with E-state index in [0.717, 1.165) is 19.3 Å². The first-order valence-electron chi connectivity index (χ1n) is 10.2. The van der Waals surface area contributed by atoms with Crippen LogP contribution in [0.25, 0.3) is 5.69 Å². The molecule has 6 heteroatoms. The van der Waals surface area contributed by atoms with Gasteiger partial charge in [0.25, 0.3) is 5.91 Å². The normalized spacial score (nSPS) is 14.7.